The lowest BCUT2D eigenvalue weighted by Crippen LogP contribution is -2.59. The minimum Gasteiger partial charge on any atom is -0.480 e. The Morgan fingerprint density at radius 1 is 0.796 bits per heavy atom. The van der Waals surface area contributed by atoms with E-state index in [1.165, 1.54) is 16.1 Å². The fourth-order valence-electron chi connectivity index (χ4n) is 6.64. The van der Waals surface area contributed by atoms with Crippen molar-refractivity contribution in [2.45, 2.75) is 129 Å². The summed E-state index contributed by atoms with van der Waals surface area (Å²) in [7, 11) is 0. The molecule has 0 saturated carbocycles. The average molecular weight is 689 g/mol. The first-order valence-electron chi connectivity index (χ1n) is 17.6. The van der Waals surface area contributed by atoms with Gasteiger partial charge in [0, 0.05) is 31.4 Å². The van der Waals surface area contributed by atoms with Crippen LogP contribution in [0.3, 0.4) is 0 Å². The molecule has 2 aliphatic heterocycles. The second-order valence-electron chi connectivity index (χ2n) is 14.7. The Labute approximate surface area is 288 Å². The Hall–Kier alpha value is -4.01. The average Bonchev–Trinajstić information content (AvgIpc) is 3.80. The number of imidazole rings is 1. The molecule has 0 aliphatic carbocycles. The summed E-state index contributed by atoms with van der Waals surface area (Å²) in [4.78, 5) is 89.6. The maximum absolute atomic E-state index is 14.1. The lowest BCUT2D eigenvalue weighted by Gasteiger charge is -2.32. The van der Waals surface area contributed by atoms with Crippen LogP contribution >= 0.6 is 0 Å². The number of nitrogens with two attached hydrogens (primary N) is 1. The monoisotopic (exact) mass is 688 g/mol. The number of carboxylic acid groups (broad SMARTS) is 1. The first-order chi connectivity index (χ1) is 23.1. The van der Waals surface area contributed by atoms with E-state index in [0.717, 1.165) is 0 Å². The second kappa shape index (κ2) is 18.1. The SMILES string of the molecule is CC(C)CC(N)C(=O)NC(Cc1cnc[nH]1)C(=O)NC(CC(C)C)C(=O)N1CCCC1C(=O)NC(CC(C)C)C(=O)N1CCCC1C(=O)O. The van der Waals surface area contributed by atoms with Crippen molar-refractivity contribution in [1.82, 2.24) is 35.7 Å². The lowest BCUT2D eigenvalue weighted by molar-refractivity contribution is -0.150. The number of amides is 5. The van der Waals surface area contributed by atoms with Crippen LogP contribution < -0.4 is 21.7 Å². The van der Waals surface area contributed by atoms with Crippen LogP contribution in [-0.4, -0.2) is 110 Å². The molecule has 1 aromatic rings. The molecule has 0 aromatic carbocycles. The predicted octanol–water partition coefficient (Wildman–Crippen LogP) is 0.939. The molecule has 0 spiro atoms. The number of aliphatic carboxylic acids is 1. The predicted molar refractivity (Wildman–Crippen MR) is 182 cm³/mol. The van der Waals surface area contributed by atoms with Gasteiger partial charge in [0.2, 0.25) is 29.5 Å². The Morgan fingerprint density at radius 3 is 1.82 bits per heavy atom. The van der Waals surface area contributed by atoms with Gasteiger partial charge in [-0.1, -0.05) is 41.5 Å². The van der Waals surface area contributed by atoms with Crippen molar-refractivity contribution in [1.29, 1.82) is 0 Å². The first kappa shape index (κ1) is 39.4. The molecule has 2 saturated heterocycles. The van der Waals surface area contributed by atoms with Crippen LogP contribution in [-0.2, 0) is 35.2 Å². The van der Waals surface area contributed by atoms with Gasteiger partial charge in [0.25, 0.3) is 0 Å². The van der Waals surface area contributed by atoms with Crippen LogP contribution in [0, 0.1) is 17.8 Å². The standard InChI is InChI=1S/C34H56N8O7/c1-19(2)13-23(35)29(43)38-24(16-22-17-36-18-37-22)30(44)39-25(14-20(3)4)32(46)41-11-7-9-27(41)31(45)40-26(15-21(5)6)33(47)42-12-8-10-28(42)34(48)49/h17-21,23-28H,7-16,35H2,1-6H3,(H,36,37)(H,38,43)(H,39,44)(H,40,45)(H,48,49). The summed E-state index contributed by atoms with van der Waals surface area (Å²) in [5.41, 5.74) is 6.71. The van der Waals surface area contributed by atoms with Gasteiger partial charge in [-0.15, -0.1) is 0 Å². The van der Waals surface area contributed by atoms with E-state index in [-0.39, 0.29) is 37.1 Å². The zero-order chi connectivity index (χ0) is 36.4. The third-order valence-electron chi connectivity index (χ3n) is 8.98. The van der Waals surface area contributed by atoms with E-state index >= 15 is 0 Å². The Bertz CT molecular complexity index is 1300. The zero-order valence-electron chi connectivity index (χ0n) is 29.7. The van der Waals surface area contributed by atoms with Gasteiger partial charge in [-0.05, 0) is 62.7 Å². The molecule has 1 aromatic heterocycles. The van der Waals surface area contributed by atoms with Gasteiger partial charge < -0.3 is 41.6 Å². The van der Waals surface area contributed by atoms with Gasteiger partial charge in [0.15, 0.2) is 0 Å². The molecule has 6 atom stereocenters. The van der Waals surface area contributed by atoms with E-state index in [4.69, 9.17) is 5.73 Å². The number of rotatable bonds is 17. The summed E-state index contributed by atoms with van der Waals surface area (Å²) < 4.78 is 0. The van der Waals surface area contributed by atoms with Crippen LogP contribution in [0.2, 0.25) is 0 Å². The van der Waals surface area contributed by atoms with E-state index in [1.807, 2.05) is 41.5 Å². The van der Waals surface area contributed by atoms with Crippen molar-refractivity contribution in [3.8, 4) is 0 Å². The number of aromatic nitrogens is 2. The summed E-state index contributed by atoms with van der Waals surface area (Å²) in [5, 5.41) is 18.1. The summed E-state index contributed by atoms with van der Waals surface area (Å²) in [6, 6.07) is -5.59. The molecule has 49 heavy (non-hydrogen) atoms. The molecule has 3 rings (SSSR count). The van der Waals surface area contributed by atoms with E-state index in [2.05, 4.69) is 25.9 Å². The number of H-pyrrole nitrogens is 1. The molecule has 5 amide bonds. The molecule has 0 bridgehead atoms. The molecular formula is C34H56N8O7. The van der Waals surface area contributed by atoms with E-state index < -0.39 is 71.8 Å². The molecule has 7 N–H and O–H groups in total. The van der Waals surface area contributed by atoms with Crippen LogP contribution in [0.1, 0.15) is 92.2 Å². The minimum atomic E-state index is -1.07. The fraction of sp³-hybridized carbons (Fsp3) is 0.735. The third kappa shape index (κ3) is 11.3. The number of carbonyl (C=O) groups excluding carboxylic acids is 5. The summed E-state index contributed by atoms with van der Waals surface area (Å²) in [6.07, 6.45) is 5.97. The van der Waals surface area contributed by atoms with Gasteiger partial charge in [-0.25, -0.2) is 9.78 Å². The molecule has 274 valence electrons. The van der Waals surface area contributed by atoms with Gasteiger partial charge in [0.1, 0.15) is 30.2 Å². The fourth-order valence-corrected chi connectivity index (χ4v) is 6.64. The number of nitrogens with zero attached hydrogens (tertiary/aromatic N) is 3. The Balaban J connectivity index is 1.78. The lowest BCUT2D eigenvalue weighted by atomic mass is 10.00. The molecule has 6 unspecified atom stereocenters. The number of hydrogen-bond donors (Lipinski definition) is 6. The molecule has 2 fully saturated rings. The number of hydrogen-bond acceptors (Lipinski definition) is 8. The highest BCUT2D eigenvalue weighted by Crippen LogP contribution is 2.23. The van der Waals surface area contributed by atoms with E-state index in [0.29, 0.717) is 50.8 Å². The molecular weight excluding hydrogens is 632 g/mol. The minimum absolute atomic E-state index is 0.0000668. The van der Waals surface area contributed by atoms with E-state index in [9.17, 15) is 33.9 Å². The van der Waals surface area contributed by atoms with E-state index in [1.54, 1.807) is 6.20 Å². The number of aromatic amines is 1. The topological polar surface area (TPSA) is 220 Å². The third-order valence-corrected chi connectivity index (χ3v) is 8.98. The number of nitrogens with one attached hydrogen (secondary N) is 4. The maximum Gasteiger partial charge on any atom is 0.326 e. The molecule has 0 radical (unpaired) electrons. The highest BCUT2D eigenvalue weighted by atomic mass is 16.4. The van der Waals surface area contributed by atoms with Crippen molar-refractivity contribution >= 4 is 35.5 Å². The molecule has 15 heteroatoms. The van der Waals surface area contributed by atoms with Gasteiger partial charge in [0.05, 0.1) is 12.4 Å². The Morgan fingerprint density at radius 2 is 1.31 bits per heavy atom. The quantitative estimate of drug-likeness (QED) is 0.137. The highest BCUT2D eigenvalue weighted by molar-refractivity contribution is 5.96. The summed E-state index contributed by atoms with van der Waals surface area (Å²) in [6.45, 7) is 12.1. The van der Waals surface area contributed by atoms with Crippen molar-refractivity contribution in [2.75, 3.05) is 13.1 Å². The normalized spacial score (nSPS) is 20.3. The van der Waals surface area contributed by atoms with Crippen molar-refractivity contribution in [3.05, 3.63) is 18.2 Å². The largest absolute Gasteiger partial charge is 0.480 e. The number of likely N-dealkylation sites (tertiary alicyclic amines) is 2. The smallest absolute Gasteiger partial charge is 0.326 e. The van der Waals surface area contributed by atoms with Gasteiger partial charge in [-0.2, -0.15) is 0 Å². The first-order valence-corrected chi connectivity index (χ1v) is 17.6. The van der Waals surface area contributed by atoms with Crippen LogP contribution in [0.15, 0.2) is 12.5 Å². The second-order valence-corrected chi connectivity index (χ2v) is 14.7. The highest BCUT2D eigenvalue weighted by Gasteiger charge is 2.42. The van der Waals surface area contributed by atoms with Crippen molar-refractivity contribution < 1.29 is 33.9 Å². The molecule has 15 nitrogen and oxygen atoms in total. The molecule has 3 heterocycles. The maximum atomic E-state index is 14.1. The zero-order valence-corrected chi connectivity index (χ0v) is 29.7. The summed E-state index contributed by atoms with van der Waals surface area (Å²) in [5.74, 6) is -3.29. The van der Waals surface area contributed by atoms with Crippen LogP contribution in [0.4, 0.5) is 0 Å². The van der Waals surface area contributed by atoms with Crippen LogP contribution in [0.25, 0.3) is 0 Å². The van der Waals surface area contributed by atoms with Crippen molar-refractivity contribution in [3.63, 3.8) is 0 Å². The Kier molecular flexibility index (Phi) is 14.6. The van der Waals surface area contributed by atoms with Crippen molar-refractivity contribution in [2.24, 2.45) is 23.5 Å². The number of carbonyl (C=O) groups is 6. The summed E-state index contributed by atoms with van der Waals surface area (Å²) >= 11 is 0. The number of carboxylic acids is 1. The van der Waals surface area contributed by atoms with Gasteiger partial charge in [-0.3, -0.25) is 24.0 Å². The van der Waals surface area contributed by atoms with Crippen LogP contribution in [0.5, 0.6) is 0 Å². The van der Waals surface area contributed by atoms with Gasteiger partial charge >= 0.3 is 5.97 Å². The molecule has 2 aliphatic rings.